The van der Waals surface area contributed by atoms with Crippen LogP contribution in [-0.4, -0.2) is 41.5 Å². The molecule has 1 aromatic rings. The first-order valence-electron chi connectivity index (χ1n) is 10.4. The first-order chi connectivity index (χ1) is 14.3. The third kappa shape index (κ3) is 4.69. The number of amides is 4. The SMILES string of the molecule is CCOc1cc(/C=C2\C(=O)NC(=O)N(C3CCCC3)C2=O)cc(Br)c1O[C@H](C)CC. The highest BCUT2D eigenvalue weighted by Gasteiger charge is 2.40. The van der Waals surface area contributed by atoms with Gasteiger partial charge in [0.1, 0.15) is 5.57 Å². The van der Waals surface area contributed by atoms with Gasteiger partial charge in [0.2, 0.25) is 0 Å². The van der Waals surface area contributed by atoms with E-state index in [0.717, 1.165) is 32.1 Å². The van der Waals surface area contributed by atoms with Gasteiger partial charge in [-0.15, -0.1) is 0 Å². The van der Waals surface area contributed by atoms with Crippen LogP contribution >= 0.6 is 15.9 Å². The minimum atomic E-state index is -0.687. The maximum absolute atomic E-state index is 13.0. The Hall–Kier alpha value is -2.35. The van der Waals surface area contributed by atoms with Crippen LogP contribution in [0.25, 0.3) is 6.08 Å². The molecule has 0 unspecified atom stereocenters. The smallest absolute Gasteiger partial charge is 0.331 e. The molecule has 0 aromatic heterocycles. The van der Waals surface area contributed by atoms with Crippen LogP contribution in [0.15, 0.2) is 22.2 Å². The van der Waals surface area contributed by atoms with Gasteiger partial charge >= 0.3 is 6.03 Å². The Morgan fingerprint density at radius 3 is 2.57 bits per heavy atom. The van der Waals surface area contributed by atoms with E-state index in [9.17, 15) is 14.4 Å². The van der Waals surface area contributed by atoms with Crippen molar-refractivity contribution in [3.05, 3.63) is 27.7 Å². The third-order valence-electron chi connectivity index (χ3n) is 5.36. The van der Waals surface area contributed by atoms with Crippen LogP contribution in [0.5, 0.6) is 11.5 Å². The zero-order chi connectivity index (χ0) is 21.8. The Kier molecular flexibility index (Phi) is 7.18. The summed E-state index contributed by atoms with van der Waals surface area (Å²) in [7, 11) is 0. The second-order valence-electron chi connectivity index (χ2n) is 7.53. The van der Waals surface area contributed by atoms with Crippen molar-refractivity contribution in [2.24, 2.45) is 0 Å². The van der Waals surface area contributed by atoms with Gasteiger partial charge in [0, 0.05) is 6.04 Å². The minimum Gasteiger partial charge on any atom is -0.490 e. The number of hydrogen-bond donors (Lipinski definition) is 1. The summed E-state index contributed by atoms with van der Waals surface area (Å²) in [5.41, 5.74) is 0.535. The molecule has 8 heteroatoms. The van der Waals surface area contributed by atoms with Crippen molar-refractivity contribution < 1.29 is 23.9 Å². The fourth-order valence-electron chi connectivity index (χ4n) is 3.66. The van der Waals surface area contributed by atoms with Crippen LogP contribution in [0.4, 0.5) is 4.79 Å². The normalized spacial score (nSPS) is 19.9. The molecule has 4 amide bonds. The minimum absolute atomic E-state index is 0.00129. The van der Waals surface area contributed by atoms with Gasteiger partial charge in [-0.1, -0.05) is 19.8 Å². The molecule has 0 spiro atoms. The Balaban J connectivity index is 1.96. The van der Waals surface area contributed by atoms with Gasteiger partial charge in [-0.05, 0) is 72.8 Å². The molecular weight excluding hydrogens is 452 g/mol. The zero-order valence-corrected chi connectivity index (χ0v) is 19.1. The van der Waals surface area contributed by atoms with E-state index in [2.05, 4.69) is 21.2 Å². The van der Waals surface area contributed by atoms with E-state index in [1.807, 2.05) is 20.8 Å². The van der Waals surface area contributed by atoms with Crippen molar-refractivity contribution in [2.75, 3.05) is 6.61 Å². The summed E-state index contributed by atoms with van der Waals surface area (Å²) in [6.45, 7) is 6.31. The molecule has 2 fully saturated rings. The number of rotatable bonds is 7. The fraction of sp³-hybridized carbons (Fsp3) is 0.500. The van der Waals surface area contributed by atoms with E-state index >= 15 is 0 Å². The molecule has 3 rings (SSSR count). The summed E-state index contributed by atoms with van der Waals surface area (Å²) in [5.74, 6) is -0.139. The van der Waals surface area contributed by atoms with Crippen LogP contribution in [0, 0.1) is 0 Å². The number of barbiturate groups is 1. The Morgan fingerprint density at radius 1 is 1.23 bits per heavy atom. The molecule has 1 atom stereocenters. The first kappa shape index (κ1) is 22.3. The molecule has 0 bridgehead atoms. The lowest BCUT2D eigenvalue weighted by molar-refractivity contribution is -0.131. The molecule has 2 aliphatic rings. The Labute approximate surface area is 184 Å². The van der Waals surface area contributed by atoms with E-state index in [-0.39, 0.29) is 17.7 Å². The average Bonchev–Trinajstić information content (AvgIpc) is 3.22. The maximum Gasteiger partial charge on any atom is 0.331 e. The molecule has 1 aromatic carbocycles. The molecule has 30 heavy (non-hydrogen) atoms. The largest absolute Gasteiger partial charge is 0.490 e. The monoisotopic (exact) mass is 478 g/mol. The number of carbonyl (C=O) groups excluding carboxylic acids is 3. The highest BCUT2D eigenvalue weighted by molar-refractivity contribution is 9.10. The highest BCUT2D eigenvalue weighted by Crippen LogP contribution is 2.38. The standard InChI is InChI=1S/C22H27BrN2O5/c1-4-13(3)30-19-17(23)11-14(12-18(19)29-5-2)10-16-20(26)24-22(28)25(21(16)27)15-8-6-7-9-15/h10-13,15H,4-9H2,1-3H3,(H,24,26,28)/b16-10+/t13-/m1/s1. The summed E-state index contributed by atoms with van der Waals surface area (Å²) >= 11 is 3.51. The second-order valence-corrected chi connectivity index (χ2v) is 8.38. The van der Waals surface area contributed by atoms with Gasteiger partial charge in [0.05, 0.1) is 17.2 Å². The van der Waals surface area contributed by atoms with E-state index < -0.39 is 17.8 Å². The Bertz CT molecular complexity index is 877. The van der Waals surface area contributed by atoms with Gasteiger partial charge in [-0.25, -0.2) is 4.79 Å². The van der Waals surface area contributed by atoms with Crippen molar-refractivity contribution >= 4 is 39.9 Å². The number of halogens is 1. The number of nitrogens with zero attached hydrogens (tertiary/aromatic N) is 1. The van der Waals surface area contributed by atoms with E-state index in [1.165, 1.54) is 11.0 Å². The highest BCUT2D eigenvalue weighted by atomic mass is 79.9. The molecule has 162 valence electrons. The van der Waals surface area contributed by atoms with Gasteiger partial charge < -0.3 is 9.47 Å². The summed E-state index contributed by atoms with van der Waals surface area (Å²) in [6.07, 6.45) is 5.80. The van der Waals surface area contributed by atoms with Crippen molar-refractivity contribution in [1.82, 2.24) is 10.2 Å². The molecular formula is C22H27BrN2O5. The number of carbonyl (C=O) groups is 3. The maximum atomic E-state index is 13.0. The van der Waals surface area contributed by atoms with Crippen LogP contribution in [0.3, 0.4) is 0 Å². The van der Waals surface area contributed by atoms with E-state index in [1.54, 1.807) is 12.1 Å². The molecule has 1 aliphatic heterocycles. The van der Waals surface area contributed by atoms with Gasteiger partial charge in [-0.3, -0.25) is 19.8 Å². The summed E-state index contributed by atoms with van der Waals surface area (Å²) in [5, 5.41) is 2.30. The lowest BCUT2D eigenvalue weighted by Crippen LogP contribution is -2.57. The van der Waals surface area contributed by atoms with Gasteiger partial charge in [0.15, 0.2) is 11.5 Å². The third-order valence-corrected chi connectivity index (χ3v) is 5.95. The molecule has 1 N–H and O–H groups in total. The van der Waals surface area contributed by atoms with Crippen molar-refractivity contribution in [3.63, 3.8) is 0 Å². The lowest BCUT2D eigenvalue weighted by Gasteiger charge is -2.31. The second kappa shape index (κ2) is 9.64. The summed E-state index contributed by atoms with van der Waals surface area (Å²) < 4.78 is 12.4. The van der Waals surface area contributed by atoms with Crippen molar-refractivity contribution in [2.45, 2.75) is 65.0 Å². The first-order valence-corrected chi connectivity index (χ1v) is 11.2. The number of nitrogens with one attached hydrogen (secondary N) is 1. The Morgan fingerprint density at radius 2 is 1.93 bits per heavy atom. The quantitative estimate of drug-likeness (QED) is 0.462. The molecule has 0 radical (unpaired) electrons. The molecule has 1 saturated heterocycles. The van der Waals surface area contributed by atoms with Gasteiger partial charge in [0.25, 0.3) is 11.8 Å². The van der Waals surface area contributed by atoms with Crippen LogP contribution in [0.2, 0.25) is 0 Å². The molecule has 1 saturated carbocycles. The summed E-state index contributed by atoms with van der Waals surface area (Å²) in [6, 6.07) is 2.70. The van der Waals surface area contributed by atoms with Crippen LogP contribution in [0.1, 0.15) is 58.4 Å². The zero-order valence-electron chi connectivity index (χ0n) is 17.5. The average molecular weight is 479 g/mol. The number of imide groups is 2. The molecule has 1 aliphatic carbocycles. The fourth-order valence-corrected chi connectivity index (χ4v) is 4.22. The van der Waals surface area contributed by atoms with Crippen LogP contribution in [-0.2, 0) is 9.59 Å². The predicted octanol–water partition coefficient (Wildman–Crippen LogP) is 4.43. The molecule has 7 nitrogen and oxygen atoms in total. The van der Waals surface area contributed by atoms with E-state index in [4.69, 9.17) is 9.47 Å². The van der Waals surface area contributed by atoms with Crippen molar-refractivity contribution in [1.29, 1.82) is 0 Å². The topological polar surface area (TPSA) is 84.9 Å². The van der Waals surface area contributed by atoms with Crippen LogP contribution < -0.4 is 14.8 Å². The number of benzene rings is 1. The predicted molar refractivity (Wildman–Crippen MR) is 116 cm³/mol. The number of urea groups is 1. The molecule has 1 heterocycles. The van der Waals surface area contributed by atoms with Crippen molar-refractivity contribution in [3.8, 4) is 11.5 Å². The van der Waals surface area contributed by atoms with Gasteiger partial charge in [-0.2, -0.15) is 0 Å². The number of hydrogen-bond acceptors (Lipinski definition) is 5. The van der Waals surface area contributed by atoms with E-state index in [0.29, 0.717) is 28.1 Å². The summed E-state index contributed by atoms with van der Waals surface area (Å²) in [4.78, 5) is 38.9. The number of ether oxygens (including phenoxy) is 2. The lowest BCUT2D eigenvalue weighted by atomic mass is 10.0.